The fourth-order valence-corrected chi connectivity index (χ4v) is 4.95. The summed E-state index contributed by atoms with van der Waals surface area (Å²) in [7, 11) is 0. The standard InChI is InChI=1S/C26H18Br2N2O3S/c27-20-4-3-19(26(28)15-20)17-33-23-9-1-18(2-10-23)16-29-21-5-11-24(12-6-21)34-25-13-7-22(8-14-25)30(31)32/h1-16H,17H2. The van der Waals surface area contributed by atoms with Gasteiger partial charge >= 0.3 is 0 Å². The van der Waals surface area contributed by atoms with Crippen LogP contribution in [-0.4, -0.2) is 11.1 Å². The van der Waals surface area contributed by atoms with Crippen LogP contribution in [0.2, 0.25) is 0 Å². The molecule has 0 fully saturated rings. The predicted molar refractivity (Wildman–Crippen MR) is 144 cm³/mol. The number of hydrogen-bond acceptors (Lipinski definition) is 5. The Morgan fingerprint density at radius 3 is 2.15 bits per heavy atom. The summed E-state index contributed by atoms with van der Waals surface area (Å²) in [6, 6.07) is 28.2. The first-order chi connectivity index (χ1) is 16.5. The Labute approximate surface area is 218 Å². The molecule has 0 aromatic heterocycles. The zero-order chi connectivity index (χ0) is 23.9. The van der Waals surface area contributed by atoms with Crippen molar-refractivity contribution < 1.29 is 9.66 Å². The molecule has 170 valence electrons. The molecule has 0 atom stereocenters. The Morgan fingerprint density at radius 2 is 1.53 bits per heavy atom. The SMILES string of the molecule is O=[N+]([O-])c1ccc(Sc2ccc(N=Cc3ccc(OCc4ccc(Br)cc4Br)cc3)cc2)cc1. The van der Waals surface area contributed by atoms with Crippen molar-refractivity contribution in [1.82, 2.24) is 0 Å². The topological polar surface area (TPSA) is 64.7 Å². The van der Waals surface area contributed by atoms with Gasteiger partial charge in [0, 0.05) is 42.6 Å². The molecule has 0 heterocycles. The molecule has 5 nitrogen and oxygen atoms in total. The van der Waals surface area contributed by atoms with E-state index in [9.17, 15) is 10.1 Å². The summed E-state index contributed by atoms with van der Waals surface area (Å²) in [4.78, 5) is 16.9. The van der Waals surface area contributed by atoms with Crippen LogP contribution in [0.3, 0.4) is 0 Å². The lowest BCUT2D eigenvalue weighted by Crippen LogP contribution is -1.96. The van der Waals surface area contributed by atoms with Crippen LogP contribution in [0.5, 0.6) is 5.75 Å². The lowest BCUT2D eigenvalue weighted by atomic mass is 10.2. The Hall–Kier alpha value is -2.94. The fourth-order valence-electron chi connectivity index (χ4n) is 2.97. The van der Waals surface area contributed by atoms with Gasteiger partial charge in [-0.3, -0.25) is 15.1 Å². The molecule has 4 aromatic rings. The number of nitro groups is 1. The Balaban J connectivity index is 1.31. The number of benzene rings is 4. The van der Waals surface area contributed by atoms with Crippen molar-refractivity contribution in [3.05, 3.63) is 121 Å². The predicted octanol–water partition coefficient (Wildman–Crippen LogP) is 8.60. The van der Waals surface area contributed by atoms with Crippen LogP contribution in [0, 0.1) is 10.1 Å². The molecule has 0 saturated carbocycles. The van der Waals surface area contributed by atoms with Gasteiger partial charge in [-0.2, -0.15) is 0 Å². The molecule has 4 aromatic carbocycles. The minimum atomic E-state index is -0.398. The molecule has 0 spiro atoms. The Bertz CT molecular complexity index is 1310. The van der Waals surface area contributed by atoms with E-state index in [1.54, 1.807) is 23.9 Å². The summed E-state index contributed by atoms with van der Waals surface area (Å²) in [6.45, 7) is 0.478. The fraction of sp³-hybridized carbons (Fsp3) is 0.0385. The molecule has 34 heavy (non-hydrogen) atoms. The number of ether oxygens (including phenoxy) is 1. The molecular formula is C26H18Br2N2O3S. The van der Waals surface area contributed by atoms with Crippen LogP contribution in [-0.2, 0) is 6.61 Å². The number of aliphatic imine (C=N–C) groups is 1. The van der Waals surface area contributed by atoms with Gasteiger partial charge in [0.2, 0.25) is 0 Å². The van der Waals surface area contributed by atoms with Crippen molar-refractivity contribution in [1.29, 1.82) is 0 Å². The molecule has 0 N–H and O–H groups in total. The van der Waals surface area contributed by atoms with E-state index in [2.05, 4.69) is 36.9 Å². The van der Waals surface area contributed by atoms with E-state index in [0.29, 0.717) is 6.61 Å². The third kappa shape index (κ3) is 6.79. The molecule has 0 unspecified atom stereocenters. The summed E-state index contributed by atoms with van der Waals surface area (Å²) in [5, 5.41) is 10.8. The third-order valence-corrected chi connectivity index (χ3v) is 7.02. The first-order valence-corrected chi connectivity index (χ1v) is 12.6. The van der Waals surface area contributed by atoms with Crippen LogP contribution < -0.4 is 4.74 Å². The van der Waals surface area contributed by atoms with Gasteiger partial charge in [0.15, 0.2) is 0 Å². The van der Waals surface area contributed by atoms with Crippen LogP contribution >= 0.6 is 43.6 Å². The van der Waals surface area contributed by atoms with Gasteiger partial charge in [0.1, 0.15) is 12.4 Å². The number of non-ortho nitro benzene ring substituents is 1. The number of rotatable bonds is 8. The van der Waals surface area contributed by atoms with E-state index in [-0.39, 0.29) is 5.69 Å². The van der Waals surface area contributed by atoms with Gasteiger partial charge in [-0.15, -0.1) is 0 Å². The van der Waals surface area contributed by atoms with Crippen LogP contribution in [0.25, 0.3) is 0 Å². The highest BCUT2D eigenvalue weighted by Gasteiger charge is 2.05. The van der Waals surface area contributed by atoms with E-state index < -0.39 is 4.92 Å². The Morgan fingerprint density at radius 1 is 0.882 bits per heavy atom. The highest BCUT2D eigenvalue weighted by atomic mass is 79.9. The van der Waals surface area contributed by atoms with Gasteiger partial charge in [-0.1, -0.05) is 49.7 Å². The highest BCUT2D eigenvalue weighted by Crippen LogP contribution is 2.30. The van der Waals surface area contributed by atoms with Gasteiger partial charge < -0.3 is 4.74 Å². The minimum Gasteiger partial charge on any atom is -0.489 e. The van der Waals surface area contributed by atoms with Crippen molar-refractivity contribution in [2.45, 2.75) is 16.4 Å². The molecule has 0 saturated heterocycles. The summed E-state index contributed by atoms with van der Waals surface area (Å²) < 4.78 is 7.91. The van der Waals surface area contributed by atoms with Crippen molar-refractivity contribution in [2.24, 2.45) is 4.99 Å². The van der Waals surface area contributed by atoms with E-state index in [1.807, 2.05) is 72.9 Å². The molecule has 0 radical (unpaired) electrons. The second-order valence-electron chi connectivity index (χ2n) is 7.20. The average Bonchev–Trinajstić information content (AvgIpc) is 2.84. The smallest absolute Gasteiger partial charge is 0.269 e. The minimum absolute atomic E-state index is 0.0892. The molecular weight excluding hydrogens is 580 g/mol. The Kier molecular flexibility index (Phi) is 8.16. The molecule has 0 aliphatic heterocycles. The van der Waals surface area contributed by atoms with Crippen LogP contribution in [0.1, 0.15) is 11.1 Å². The summed E-state index contributed by atoms with van der Waals surface area (Å²) in [6.07, 6.45) is 1.81. The molecule has 0 bridgehead atoms. The second-order valence-corrected chi connectivity index (χ2v) is 10.1. The maximum Gasteiger partial charge on any atom is 0.269 e. The summed E-state index contributed by atoms with van der Waals surface area (Å²) in [5.74, 6) is 0.791. The van der Waals surface area contributed by atoms with Crippen LogP contribution in [0.4, 0.5) is 11.4 Å². The molecule has 0 amide bonds. The lowest BCUT2D eigenvalue weighted by Gasteiger charge is -2.08. The van der Waals surface area contributed by atoms with E-state index >= 15 is 0 Å². The first-order valence-electron chi connectivity index (χ1n) is 10.2. The quantitative estimate of drug-likeness (QED) is 0.116. The summed E-state index contributed by atoms with van der Waals surface area (Å²) >= 11 is 8.55. The average molecular weight is 598 g/mol. The lowest BCUT2D eigenvalue weighted by molar-refractivity contribution is -0.384. The molecule has 4 rings (SSSR count). The van der Waals surface area contributed by atoms with Gasteiger partial charge in [-0.25, -0.2) is 0 Å². The van der Waals surface area contributed by atoms with E-state index in [0.717, 1.165) is 41.3 Å². The molecule has 8 heteroatoms. The van der Waals surface area contributed by atoms with Crippen molar-refractivity contribution in [3.8, 4) is 5.75 Å². The van der Waals surface area contributed by atoms with Crippen molar-refractivity contribution in [3.63, 3.8) is 0 Å². The monoisotopic (exact) mass is 596 g/mol. The number of nitrogens with zero attached hydrogens (tertiary/aromatic N) is 2. The number of hydrogen-bond donors (Lipinski definition) is 0. The van der Waals surface area contributed by atoms with Crippen LogP contribution in [0.15, 0.2) is 115 Å². The third-order valence-electron chi connectivity index (χ3n) is 4.77. The highest BCUT2D eigenvalue weighted by molar-refractivity contribution is 9.11. The maximum absolute atomic E-state index is 10.8. The zero-order valence-corrected chi connectivity index (χ0v) is 21.7. The molecule has 0 aliphatic carbocycles. The zero-order valence-electron chi connectivity index (χ0n) is 17.7. The maximum atomic E-state index is 10.8. The first kappa shape index (κ1) is 24.2. The van der Waals surface area contributed by atoms with Gasteiger partial charge in [0.25, 0.3) is 5.69 Å². The van der Waals surface area contributed by atoms with E-state index in [1.165, 1.54) is 12.1 Å². The summed E-state index contributed by atoms with van der Waals surface area (Å²) in [5.41, 5.74) is 2.98. The van der Waals surface area contributed by atoms with Gasteiger partial charge in [0.05, 0.1) is 10.6 Å². The second kappa shape index (κ2) is 11.5. The van der Waals surface area contributed by atoms with E-state index in [4.69, 9.17) is 4.74 Å². The van der Waals surface area contributed by atoms with Crippen molar-refractivity contribution >= 4 is 61.2 Å². The molecule has 0 aliphatic rings. The number of nitro benzene ring substituents is 1. The number of halogens is 2. The van der Waals surface area contributed by atoms with Crippen molar-refractivity contribution in [2.75, 3.05) is 0 Å². The largest absolute Gasteiger partial charge is 0.489 e. The normalized spacial score (nSPS) is 11.0. The van der Waals surface area contributed by atoms with Gasteiger partial charge in [-0.05, 0) is 78.4 Å².